The van der Waals surface area contributed by atoms with Crippen molar-refractivity contribution in [2.75, 3.05) is 0 Å². The lowest BCUT2D eigenvalue weighted by Crippen LogP contribution is -2.23. The highest BCUT2D eigenvalue weighted by Crippen LogP contribution is 2.16. The van der Waals surface area contributed by atoms with Gasteiger partial charge in [-0.3, -0.25) is 9.78 Å². The molecule has 0 unspecified atom stereocenters. The highest BCUT2D eigenvalue weighted by atomic mass is 16.1. The number of benzene rings is 1. The Bertz CT molecular complexity index is 1050. The largest absolute Gasteiger partial charge is 0.348 e. The summed E-state index contributed by atoms with van der Waals surface area (Å²) in [6.07, 6.45) is 5.01. The summed E-state index contributed by atoms with van der Waals surface area (Å²) in [7, 11) is 0. The van der Waals surface area contributed by atoms with Gasteiger partial charge in [0.15, 0.2) is 5.65 Å². The lowest BCUT2D eigenvalue weighted by molar-refractivity contribution is 0.0950. The first-order chi connectivity index (χ1) is 12.8. The van der Waals surface area contributed by atoms with Gasteiger partial charge in [-0.05, 0) is 29.8 Å². The molecule has 0 saturated carbocycles. The van der Waals surface area contributed by atoms with Gasteiger partial charge in [-0.1, -0.05) is 36.4 Å². The summed E-state index contributed by atoms with van der Waals surface area (Å²) in [5, 5.41) is 3.74. The first kappa shape index (κ1) is 15.9. The molecule has 126 valence electrons. The molecule has 26 heavy (non-hydrogen) atoms. The maximum atomic E-state index is 12.4. The van der Waals surface area contributed by atoms with Gasteiger partial charge in [-0.15, -0.1) is 0 Å². The number of pyridine rings is 3. The predicted octanol–water partition coefficient (Wildman–Crippen LogP) is 3.62. The summed E-state index contributed by atoms with van der Waals surface area (Å²) >= 11 is 0. The third-order valence-electron chi connectivity index (χ3n) is 4.06. The molecule has 5 nitrogen and oxygen atoms in total. The van der Waals surface area contributed by atoms with Crippen LogP contribution in [0.3, 0.4) is 0 Å². The van der Waals surface area contributed by atoms with Crippen molar-refractivity contribution in [2.24, 2.45) is 0 Å². The zero-order chi connectivity index (χ0) is 17.8. The third kappa shape index (κ3) is 3.42. The van der Waals surface area contributed by atoms with Crippen molar-refractivity contribution in [2.45, 2.75) is 6.54 Å². The van der Waals surface area contributed by atoms with Crippen molar-refractivity contribution in [3.63, 3.8) is 0 Å². The quantitative estimate of drug-likeness (QED) is 0.616. The van der Waals surface area contributed by atoms with E-state index in [1.54, 1.807) is 24.7 Å². The van der Waals surface area contributed by atoms with Gasteiger partial charge in [0.1, 0.15) is 0 Å². The molecular formula is C21H16N4O. The van der Waals surface area contributed by atoms with Crippen LogP contribution in [0.4, 0.5) is 0 Å². The lowest BCUT2D eigenvalue weighted by Gasteiger charge is -2.07. The minimum Gasteiger partial charge on any atom is -0.348 e. The number of carbonyl (C=O) groups excluding carboxylic acids is 1. The topological polar surface area (TPSA) is 67.8 Å². The van der Waals surface area contributed by atoms with E-state index in [9.17, 15) is 4.79 Å². The van der Waals surface area contributed by atoms with Gasteiger partial charge in [0.05, 0.1) is 11.3 Å². The lowest BCUT2D eigenvalue weighted by atomic mass is 10.1. The molecule has 3 heterocycles. The van der Waals surface area contributed by atoms with Crippen molar-refractivity contribution < 1.29 is 4.79 Å². The smallest absolute Gasteiger partial charge is 0.253 e. The molecule has 0 fully saturated rings. The Morgan fingerprint density at radius 3 is 2.58 bits per heavy atom. The Morgan fingerprint density at radius 2 is 1.77 bits per heavy atom. The van der Waals surface area contributed by atoms with Gasteiger partial charge >= 0.3 is 0 Å². The molecule has 5 heteroatoms. The van der Waals surface area contributed by atoms with Crippen molar-refractivity contribution in [1.82, 2.24) is 20.3 Å². The van der Waals surface area contributed by atoms with Gasteiger partial charge in [-0.25, -0.2) is 9.97 Å². The number of nitrogens with one attached hydrogen (secondary N) is 1. The second kappa shape index (κ2) is 7.11. The van der Waals surface area contributed by atoms with Crippen LogP contribution in [0.2, 0.25) is 0 Å². The molecule has 0 aliphatic rings. The van der Waals surface area contributed by atoms with Crippen molar-refractivity contribution in [1.29, 1.82) is 0 Å². The highest BCUT2D eigenvalue weighted by Gasteiger charge is 2.08. The summed E-state index contributed by atoms with van der Waals surface area (Å²) in [5.74, 6) is -0.171. The predicted molar refractivity (Wildman–Crippen MR) is 100 cm³/mol. The van der Waals surface area contributed by atoms with E-state index in [1.165, 1.54) is 0 Å². The van der Waals surface area contributed by atoms with Crippen LogP contribution in [-0.2, 0) is 6.54 Å². The van der Waals surface area contributed by atoms with Gasteiger partial charge in [-0.2, -0.15) is 0 Å². The number of hydrogen-bond acceptors (Lipinski definition) is 4. The van der Waals surface area contributed by atoms with Gasteiger partial charge in [0, 0.05) is 36.1 Å². The average molecular weight is 340 g/mol. The van der Waals surface area contributed by atoms with Crippen LogP contribution in [0.25, 0.3) is 22.3 Å². The first-order valence-electron chi connectivity index (χ1n) is 8.29. The van der Waals surface area contributed by atoms with Crippen LogP contribution in [-0.4, -0.2) is 20.9 Å². The maximum absolute atomic E-state index is 12.4. The summed E-state index contributed by atoms with van der Waals surface area (Å²) in [5.41, 5.74) is 4.06. The van der Waals surface area contributed by atoms with E-state index >= 15 is 0 Å². The van der Waals surface area contributed by atoms with E-state index < -0.39 is 0 Å². The highest BCUT2D eigenvalue weighted by molar-refractivity contribution is 5.96. The Morgan fingerprint density at radius 1 is 0.885 bits per heavy atom. The van der Waals surface area contributed by atoms with Gasteiger partial charge in [0.2, 0.25) is 0 Å². The molecule has 0 aliphatic heterocycles. The fourth-order valence-electron chi connectivity index (χ4n) is 2.68. The molecule has 1 aromatic carbocycles. The Labute approximate surface area is 150 Å². The number of aromatic nitrogens is 3. The third-order valence-corrected chi connectivity index (χ3v) is 4.06. The fraction of sp³-hybridized carbons (Fsp3) is 0.0476. The second-order valence-electron chi connectivity index (χ2n) is 5.87. The molecule has 1 N–H and O–H groups in total. The van der Waals surface area contributed by atoms with Crippen LogP contribution in [0, 0.1) is 0 Å². The normalized spacial score (nSPS) is 10.6. The fourth-order valence-corrected chi connectivity index (χ4v) is 2.68. The number of nitrogens with zero attached hydrogens (tertiary/aromatic N) is 3. The number of fused-ring (bicyclic) bond motifs is 1. The van der Waals surface area contributed by atoms with E-state index in [4.69, 9.17) is 0 Å². The summed E-state index contributed by atoms with van der Waals surface area (Å²) in [4.78, 5) is 25.2. The molecule has 0 saturated heterocycles. The Kier molecular flexibility index (Phi) is 4.35. The SMILES string of the molecule is O=C(NCc1ccc(-c2ccccc2)nc1)c1cnc2ncccc2c1. The standard InChI is InChI=1S/C21H16N4O/c26-21(18-11-17-7-4-10-22-20(17)24-14-18)25-13-15-8-9-19(23-12-15)16-5-2-1-3-6-16/h1-12,14H,13H2,(H,25,26). The monoisotopic (exact) mass is 340 g/mol. The minimum atomic E-state index is -0.171. The summed E-state index contributed by atoms with van der Waals surface area (Å²) in [6.45, 7) is 0.409. The minimum absolute atomic E-state index is 0.171. The Hall–Kier alpha value is -3.60. The molecule has 0 radical (unpaired) electrons. The first-order valence-corrected chi connectivity index (χ1v) is 8.29. The van der Waals surface area contributed by atoms with E-state index in [-0.39, 0.29) is 5.91 Å². The molecule has 0 bridgehead atoms. The number of rotatable bonds is 4. The molecule has 3 aromatic heterocycles. The number of hydrogen-bond donors (Lipinski definition) is 1. The van der Waals surface area contributed by atoms with Crippen LogP contribution in [0.1, 0.15) is 15.9 Å². The molecule has 0 atom stereocenters. The zero-order valence-corrected chi connectivity index (χ0v) is 14.0. The molecular weight excluding hydrogens is 324 g/mol. The van der Waals surface area contributed by atoms with Crippen LogP contribution in [0.15, 0.2) is 79.3 Å². The van der Waals surface area contributed by atoms with E-state index in [1.807, 2.05) is 54.6 Å². The molecule has 1 amide bonds. The maximum Gasteiger partial charge on any atom is 0.253 e. The Balaban J connectivity index is 1.43. The van der Waals surface area contributed by atoms with E-state index in [2.05, 4.69) is 20.3 Å². The molecule has 4 aromatic rings. The van der Waals surface area contributed by atoms with Gasteiger partial charge in [0.25, 0.3) is 5.91 Å². The average Bonchev–Trinajstić information content (AvgIpc) is 2.72. The summed E-state index contributed by atoms with van der Waals surface area (Å²) < 4.78 is 0. The van der Waals surface area contributed by atoms with E-state index in [0.717, 1.165) is 22.2 Å². The van der Waals surface area contributed by atoms with Crippen LogP contribution in [0.5, 0.6) is 0 Å². The van der Waals surface area contributed by atoms with Crippen molar-refractivity contribution in [3.05, 3.63) is 90.4 Å². The summed E-state index contributed by atoms with van der Waals surface area (Å²) in [6, 6.07) is 19.4. The van der Waals surface area contributed by atoms with Crippen LogP contribution >= 0.6 is 0 Å². The van der Waals surface area contributed by atoms with Gasteiger partial charge < -0.3 is 5.32 Å². The van der Waals surface area contributed by atoms with E-state index in [0.29, 0.717) is 17.8 Å². The van der Waals surface area contributed by atoms with Crippen LogP contribution < -0.4 is 5.32 Å². The van der Waals surface area contributed by atoms with Crippen molar-refractivity contribution in [3.8, 4) is 11.3 Å². The molecule has 4 rings (SSSR count). The number of carbonyl (C=O) groups is 1. The molecule has 0 spiro atoms. The zero-order valence-electron chi connectivity index (χ0n) is 14.0. The number of amides is 1. The second-order valence-corrected chi connectivity index (χ2v) is 5.87. The molecule has 0 aliphatic carbocycles. The van der Waals surface area contributed by atoms with Crippen molar-refractivity contribution >= 4 is 16.9 Å².